The molecule has 5 rings (SSSR count). The zero-order chi connectivity index (χ0) is 34.3. The number of ether oxygens (including phenoxy) is 2. The SMILES string of the molecule is C[C@@H]1CN(CCCc2cccc(-c3cccc(Oc4ncc(F)cc4C(=O)NC4CCC(NC(=O)OC(C)(C)C)CC4)c3)c2)C[C@H](C)N1. The van der Waals surface area contributed by atoms with Crippen LogP contribution in [0.1, 0.15) is 82.6 Å². The smallest absolute Gasteiger partial charge is 0.407 e. The van der Waals surface area contributed by atoms with Gasteiger partial charge in [0.05, 0.1) is 6.20 Å². The van der Waals surface area contributed by atoms with Gasteiger partial charge >= 0.3 is 6.09 Å². The van der Waals surface area contributed by atoms with Gasteiger partial charge in [-0.25, -0.2) is 14.2 Å². The average Bonchev–Trinajstić information content (AvgIpc) is 3.02. The Hall–Kier alpha value is -4.02. The number of nitrogens with zero attached hydrogens (tertiary/aromatic N) is 2. The number of rotatable bonds is 10. The van der Waals surface area contributed by atoms with Crippen LogP contribution < -0.4 is 20.7 Å². The number of carbonyl (C=O) groups is 2. The highest BCUT2D eigenvalue weighted by molar-refractivity contribution is 5.96. The molecule has 10 heteroatoms. The Bertz CT molecular complexity index is 1540. The molecule has 1 aliphatic heterocycles. The van der Waals surface area contributed by atoms with Gasteiger partial charge in [0.15, 0.2) is 0 Å². The zero-order valence-corrected chi connectivity index (χ0v) is 28.9. The lowest BCUT2D eigenvalue weighted by Gasteiger charge is -2.36. The van der Waals surface area contributed by atoms with E-state index in [0.717, 1.165) is 55.9 Å². The molecule has 0 spiro atoms. The maximum absolute atomic E-state index is 14.3. The molecule has 2 heterocycles. The first kappa shape index (κ1) is 35.3. The fourth-order valence-corrected chi connectivity index (χ4v) is 6.68. The van der Waals surface area contributed by atoms with Gasteiger partial charge in [-0.1, -0.05) is 36.4 Å². The lowest BCUT2D eigenvalue weighted by Crippen LogP contribution is -2.54. The summed E-state index contributed by atoms with van der Waals surface area (Å²) >= 11 is 0. The summed E-state index contributed by atoms with van der Waals surface area (Å²) in [6, 6.07) is 18.2. The number of hydrogen-bond acceptors (Lipinski definition) is 7. The van der Waals surface area contributed by atoms with E-state index in [2.05, 4.69) is 63.9 Å². The lowest BCUT2D eigenvalue weighted by atomic mass is 9.91. The van der Waals surface area contributed by atoms with Gasteiger partial charge in [-0.2, -0.15) is 0 Å². The number of alkyl carbamates (subject to hydrolysis) is 1. The van der Waals surface area contributed by atoms with Crippen molar-refractivity contribution in [2.45, 2.75) is 103 Å². The van der Waals surface area contributed by atoms with Crippen molar-refractivity contribution in [1.29, 1.82) is 0 Å². The maximum Gasteiger partial charge on any atom is 0.407 e. The maximum atomic E-state index is 14.3. The minimum absolute atomic E-state index is 0.0270. The van der Waals surface area contributed by atoms with Gasteiger partial charge in [-0.3, -0.25) is 4.79 Å². The Morgan fingerprint density at radius 2 is 1.58 bits per heavy atom. The third-order valence-corrected chi connectivity index (χ3v) is 8.73. The van der Waals surface area contributed by atoms with Crippen molar-refractivity contribution in [1.82, 2.24) is 25.8 Å². The number of hydrogen-bond donors (Lipinski definition) is 3. The van der Waals surface area contributed by atoms with Crippen LogP contribution in [0.15, 0.2) is 60.8 Å². The fraction of sp³-hybridized carbons (Fsp3) is 0.500. The number of benzene rings is 2. The van der Waals surface area contributed by atoms with Crippen LogP contribution in [-0.2, 0) is 11.2 Å². The van der Waals surface area contributed by atoms with E-state index in [0.29, 0.717) is 43.5 Å². The van der Waals surface area contributed by atoms with Crippen LogP contribution in [-0.4, -0.2) is 71.3 Å². The van der Waals surface area contributed by atoms with E-state index in [4.69, 9.17) is 9.47 Å². The Morgan fingerprint density at radius 3 is 2.27 bits per heavy atom. The van der Waals surface area contributed by atoms with Crippen molar-refractivity contribution in [2.75, 3.05) is 19.6 Å². The monoisotopic (exact) mass is 659 g/mol. The number of carbonyl (C=O) groups excluding carboxylic acids is 2. The third-order valence-electron chi connectivity index (χ3n) is 8.73. The minimum Gasteiger partial charge on any atom is -0.444 e. The lowest BCUT2D eigenvalue weighted by molar-refractivity contribution is 0.0487. The molecule has 258 valence electrons. The van der Waals surface area contributed by atoms with Crippen LogP contribution in [0, 0.1) is 5.82 Å². The van der Waals surface area contributed by atoms with Crippen LogP contribution in [0.25, 0.3) is 11.1 Å². The number of amides is 2. The Morgan fingerprint density at radius 1 is 0.938 bits per heavy atom. The molecule has 0 bridgehead atoms. The van der Waals surface area contributed by atoms with Gasteiger partial charge in [-0.15, -0.1) is 0 Å². The molecule has 1 saturated carbocycles. The van der Waals surface area contributed by atoms with Gasteiger partial charge in [-0.05, 0) is 115 Å². The molecule has 2 aromatic carbocycles. The van der Waals surface area contributed by atoms with Crippen LogP contribution >= 0.6 is 0 Å². The fourth-order valence-electron chi connectivity index (χ4n) is 6.68. The zero-order valence-electron chi connectivity index (χ0n) is 28.9. The van der Waals surface area contributed by atoms with Crippen molar-refractivity contribution in [3.63, 3.8) is 0 Å². The molecule has 1 saturated heterocycles. The molecule has 1 aromatic heterocycles. The highest BCUT2D eigenvalue weighted by Gasteiger charge is 2.27. The van der Waals surface area contributed by atoms with Gasteiger partial charge in [0.25, 0.3) is 5.91 Å². The molecular weight excluding hydrogens is 609 g/mol. The molecule has 3 N–H and O–H groups in total. The number of halogens is 1. The van der Waals surface area contributed by atoms with Gasteiger partial charge in [0.1, 0.15) is 22.7 Å². The first-order valence-electron chi connectivity index (χ1n) is 17.2. The van der Waals surface area contributed by atoms with Gasteiger partial charge < -0.3 is 30.3 Å². The Kier molecular flexibility index (Phi) is 11.7. The van der Waals surface area contributed by atoms with E-state index in [9.17, 15) is 14.0 Å². The number of aromatic nitrogens is 1. The molecule has 2 aliphatic rings. The molecule has 0 radical (unpaired) electrons. The first-order chi connectivity index (χ1) is 22.9. The van der Waals surface area contributed by atoms with Crippen LogP contribution in [0.2, 0.25) is 0 Å². The summed E-state index contributed by atoms with van der Waals surface area (Å²) in [6.45, 7) is 13.2. The highest BCUT2D eigenvalue weighted by Crippen LogP contribution is 2.30. The molecule has 1 aliphatic carbocycles. The predicted molar refractivity (Wildman–Crippen MR) is 186 cm³/mol. The number of nitrogens with one attached hydrogen (secondary N) is 3. The number of piperazine rings is 1. The van der Waals surface area contributed by atoms with Gasteiger partial charge in [0, 0.05) is 37.3 Å². The third kappa shape index (κ3) is 10.5. The molecule has 2 amide bonds. The Balaban J connectivity index is 1.18. The van der Waals surface area contributed by atoms with Crippen molar-refractivity contribution in [2.24, 2.45) is 0 Å². The van der Waals surface area contributed by atoms with Crippen LogP contribution in [0.4, 0.5) is 9.18 Å². The molecule has 9 nitrogen and oxygen atoms in total. The number of pyridine rings is 1. The molecule has 0 unspecified atom stereocenters. The number of aryl methyl sites for hydroxylation is 1. The summed E-state index contributed by atoms with van der Waals surface area (Å²) in [7, 11) is 0. The summed E-state index contributed by atoms with van der Waals surface area (Å²) in [4.78, 5) is 32.2. The quantitative estimate of drug-likeness (QED) is 0.219. The highest BCUT2D eigenvalue weighted by atomic mass is 19.1. The second-order valence-electron chi connectivity index (χ2n) is 14.3. The van der Waals surface area contributed by atoms with E-state index in [1.54, 1.807) is 6.07 Å². The molecule has 2 atom stereocenters. The largest absolute Gasteiger partial charge is 0.444 e. The van der Waals surface area contributed by atoms with Gasteiger partial charge in [0.2, 0.25) is 5.88 Å². The first-order valence-corrected chi connectivity index (χ1v) is 17.2. The van der Waals surface area contributed by atoms with E-state index < -0.39 is 23.4 Å². The second kappa shape index (κ2) is 15.9. The standard InChI is InChI=1S/C38H50FN5O4/c1-25-23-44(24-26(2)41-25)18-8-10-27-9-6-11-28(19-27)29-12-7-13-33(20-29)47-36-34(21-30(39)22-40-36)35(45)42-31-14-16-32(17-15-31)43-37(46)48-38(3,4)5/h6-7,9,11-13,19-22,25-26,31-32,41H,8,10,14-18,23-24H2,1-5H3,(H,42,45)(H,43,46)/t25-,26+,31?,32?. The van der Waals surface area contributed by atoms with Crippen molar-refractivity contribution >= 4 is 12.0 Å². The average molecular weight is 660 g/mol. The van der Waals surface area contributed by atoms with Crippen LogP contribution in [0.3, 0.4) is 0 Å². The van der Waals surface area contributed by atoms with E-state index in [1.165, 1.54) is 5.56 Å². The summed E-state index contributed by atoms with van der Waals surface area (Å²) in [5.41, 5.74) is 2.80. The second-order valence-corrected chi connectivity index (χ2v) is 14.3. The summed E-state index contributed by atoms with van der Waals surface area (Å²) in [5, 5.41) is 9.52. The van der Waals surface area contributed by atoms with Crippen molar-refractivity contribution in [3.8, 4) is 22.8 Å². The summed E-state index contributed by atoms with van der Waals surface area (Å²) < 4.78 is 25.8. The molecule has 2 fully saturated rings. The van der Waals surface area contributed by atoms with E-state index in [-0.39, 0.29) is 23.5 Å². The van der Waals surface area contributed by atoms with E-state index >= 15 is 0 Å². The minimum atomic E-state index is -0.621. The summed E-state index contributed by atoms with van der Waals surface area (Å²) in [5.74, 6) is -0.531. The van der Waals surface area contributed by atoms with Crippen molar-refractivity contribution < 1.29 is 23.5 Å². The summed E-state index contributed by atoms with van der Waals surface area (Å²) in [6.07, 6.45) is 5.42. The molecular formula is C38H50FN5O4. The topological polar surface area (TPSA) is 105 Å². The molecule has 3 aromatic rings. The van der Waals surface area contributed by atoms with E-state index in [1.807, 2.05) is 39.0 Å². The molecule has 48 heavy (non-hydrogen) atoms. The van der Waals surface area contributed by atoms with Crippen LogP contribution in [0.5, 0.6) is 11.6 Å². The Labute approximate surface area is 284 Å². The normalized spacial score (nSPS) is 21.7. The predicted octanol–water partition coefficient (Wildman–Crippen LogP) is 6.86. The van der Waals surface area contributed by atoms with Crippen molar-refractivity contribution in [3.05, 3.63) is 77.7 Å².